The predicted octanol–water partition coefficient (Wildman–Crippen LogP) is 1.09. The number of rotatable bonds is 5. The molecule has 0 spiro atoms. The maximum absolute atomic E-state index is 12.1. The number of hydrogen-bond donors (Lipinski definition) is 2. The standard InChI is InChI=1S/C13H22N4O/c1-9(16(2)3)7-15-13(18)12-6-10(14)8-17(12)11-4-5-11/h6,8-9,11H,4-5,7,14H2,1-3H3,(H,15,18). The molecule has 1 fully saturated rings. The van der Waals surface area contributed by atoms with E-state index in [0.717, 1.165) is 12.8 Å². The number of carbonyl (C=O) groups is 1. The van der Waals surface area contributed by atoms with E-state index < -0.39 is 0 Å². The molecule has 1 aromatic rings. The fourth-order valence-corrected chi connectivity index (χ4v) is 1.85. The number of nitrogens with two attached hydrogens (primary N) is 1. The van der Waals surface area contributed by atoms with E-state index in [1.165, 1.54) is 0 Å². The van der Waals surface area contributed by atoms with E-state index >= 15 is 0 Å². The van der Waals surface area contributed by atoms with E-state index in [4.69, 9.17) is 5.73 Å². The number of likely N-dealkylation sites (N-methyl/N-ethyl adjacent to an activating group) is 1. The first kappa shape index (κ1) is 13.0. The summed E-state index contributed by atoms with van der Waals surface area (Å²) in [5, 5.41) is 2.96. The van der Waals surface area contributed by atoms with Crippen molar-refractivity contribution in [3.05, 3.63) is 18.0 Å². The molecule has 0 saturated heterocycles. The number of aromatic nitrogens is 1. The lowest BCUT2D eigenvalue weighted by Gasteiger charge is -2.20. The summed E-state index contributed by atoms with van der Waals surface area (Å²) in [6.07, 6.45) is 4.15. The summed E-state index contributed by atoms with van der Waals surface area (Å²) in [7, 11) is 4.00. The summed E-state index contributed by atoms with van der Waals surface area (Å²) in [6.45, 7) is 2.72. The van der Waals surface area contributed by atoms with Crippen molar-refractivity contribution in [3.8, 4) is 0 Å². The van der Waals surface area contributed by atoms with Gasteiger partial charge in [-0.3, -0.25) is 4.79 Å². The van der Waals surface area contributed by atoms with Gasteiger partial charge in [0.2, 0.25) is 0 Å². The Hall–Kier alpha value is -1.49. The number of carbonyl (C=O) groups excluding carboxylic acids is 1. The van der Waals surface area contributed by atoms with Gasteiger partial charge in [-0.05, 0) is 39.9 Å². The Morgan fingerprint density at radius 3 is 2.83 bits per heavy atom. The molecule has 0 radical (unpaired) electrons. The van der Waals surface area contributed by atoms with Gasteiger partial charge in [-0.1, -0.05) is 0 Å². The zero-order valence-electron chi connectivity index (χ0n) is 11.3. The van der Waals surface area contributed by atoms with Crippen LogP contribution >= 0.6 is 0 Å². The minimum Gasteiger partial charge on any atom is -0.397 e. The van der Waals surface area contributed by atoms with E-state index in [-0.39, 0.29) is 5.91 Å². The van der Waals surface area contributed by atoms with Crippen LogP contribution in [0.4, 0.5) is 5.69 Å². The van der Waals surface area contributed by atoms with Gasteiger partial charge < -0.3 is 20.5 Å². The highest BCUT2D eigenvalue weighted by Crippen LogP contribution is 2.37. The van der Waals surface area contributed by atoms with Gasteiger partial charge in [-0.2, -0.15) is 0 Å². The number of nitrogens with one attached hydrogen (secondary N) is 1. The lowest BCUT2D eigenvalue weighted by atomic mass is 10.3. The van der Waals surface area contributed by atoms with E-state index in [1.54, 1.807) is 6.07 Å². The summed E-state index contributed by atoms with van der Waals surface area (Å²) >= 11 is 0. The van der Waals surface area contributed by atoms with Crippen molar-refractivity contribution in [1.29, 1.82) is 0 Å². The number of nitrogens with zero attached hydrogens (tertiary/aromatic N) is 2. The predicted molar refractivity (Wildman–Crippen MR) is 72.6 cm³/mol. The maximum atomic E-state index is 12.1. The quantitative estimate of drug-likeness (QED) is 0.822. The largest absolute Gasteiger partial charge is 0.397 e. The molecule has 2 rings (SSSR count). The molecule has 0 bridgehead atoms. The minimum atomic E-state index is -0.0349. The third-order valence-corrected chi connectivity index (χ3v) is 3.48. The second kappa shape index (κ2) is 5.02. The van der Waals surface area contributed by atoms with Crippen LogP contribution in [0.2, 0.25) is 0 Å². The van der Waals surface area contributed by atoms with Gasteiger partial charge in [0.15, 0.2) is 0 Å². The van der Waals surface area contributed by atoms with Crippen molar-refractivity contribution >= 4 is 11.6 Å². The second-order valence-corrected chi connectivity index (χ2v) is 5.32. The van der Waals surface area contributed by atoms with Gasteiger partial charge in [-0.25, -0.2) is 0 Å². The second-order valence-electron chi connectivity index (χ2n) is 5.32. The molecular formula is C13H22N4O. The molecule has 100 valence electrons. The Labute approximate surface area is 108 Å². The summed E-state index contributed by atoms with van der Waals surface area (Å²) in [6, 6.07) is 2.54. The average molecular weight is 250 g/mol. The van der Waals surface area contributed by atoms with Gasteiger partial charge in [0, 0.05) is 24.8 Å². The van der Waals surface area contributed by atoms with Gasteiger partial charge in [0.05, 0.1) is 5.69 Å². The molecule has 1 aliphatic carbocycles. The van der Waals surface area contributed by atoms with Crippen LogP contribution in [0.1, 0.15) is 36.3 Å². The summed E-state index contributed by atoms with van der Waals surface area (Å²) in [4.78, 5) is 14.2. The van der Waals surface area contributed by atoms with E-state index in [1.807, 2.05) is 24.9 Å². The highest BCUT2D eigenvalue weighted by Gasteiger charge is 2.27. The van der Waals surface area contributed by atoms with Crippen molar-refractivity contribution in [1.82, 2.24) is 14.8 Å². The Morgan fingerprint density at radius 2 is 2.28 bits per heavy atom. The van der Waals surface area contributed by atoms with Gasteiger partial charge in [0.25, 0.3) is 5.91 Å². The fourth-order valence-electron chi connectivity index (χ4n) is 1.85. The van der Waals surface area contributed by atoms with Gasteiger partial charge in [-0.15, -0.1) is 0 Å². The summed E-state index contributed by atoms with van der Waals surface area (Å²) < 4.78 is 2.00. The molecule has 1 aliphatic rings. The van der Waals surface area contributed by atoms with Crippen molar-refractivity contribution in [2.75, 3.05) is 26.4 Å². The fraction of sp³-hybridized carbons (Fsp3) is 0.615. The molecule has 1 amide bonds. The van der Waals surface area contributed by atoms with Crippen LogP contribution in [0.15, 0.2) is 12.3 Å². The first-order valence-corrected chi connectivity index (χ1v) is 6.41. The van der Waals surface area contributed by atoms with Crippen LogP contribution in [0, 0.1) is 0 Å². The van der Waals surface area contributed by atoms with E-state index in [0.29, 0.717) is 30.0 Å². The number of amides is 1. The van der Waals surface area contributed by atoms with Crippen LogP contribution in [-0.2, 0) is 0 Å². The van der Waals surface area contributed by atoms with Crippen LogP contribution in [-0.4, -0.2) is 42.1 Å². The number of anilines is 1. The summed E-state index contributed by atoms with van der Waals surface area (Å²) in [5.41, 5.74) is 7.12. The molecule has 0 aliphatic heterocycles. The summed E-state index contributed by atoms with van der Waals surface area (Å²) in [5.74, 6) is -0.0349. The molecule has 1 heterocycles. The lowest BCUT2D eigenvalue weighted by Crippen LogP contribution is -2.38. The van der Waals surface area contributed by atoms with Crippen molar-refractivity contribution < 1.29 is 4.79 Å². The van der Waals surface area contributed by atoms with Crippen LogP contribution in [0.3, 0.4) is 0 Å². The van der Waals surface area contributed by atoms with E-state index in [2.05, 4.69) is 17.1 Å². The maximum Gasteiger partial charge on any atom is 0.268 e. The molecule has 5 heteroatoms. The highest BCUT2D eigenvalue weighted by molar-refractivity contribution is 5.93. The molecule has 0 aromatic carbocycles. The molecule has 1 atom stereocenters. The monoisotopic (exact) mass is 250 g/mol. The molecule has 3 N–H and O–H groups in total. The topological polar surface area (TPSA) is 63.3 Å². The zero-order valence-corrected chi connectivity index (χ0v) is 11.3. The van der Waals surface area contributed by atoms with Crippen LogP contribution < -0.4 is 11.1 Å². The van der Waals surface area contributed by atoms with Gasteiger partial charge >= 0.3 is 0 Å². The molecule has 5 nitrogen and oxygen atoms in total. The molecule has 1 aromatic heterocycles. The minimum absolute atomic E-state index is 0.0349. The first-order valence-electron chi connectivity index (χ1n) is 6.41. The lowest BCUT2D eigenvalue weighted by molar-refractivity contribution is 0.0934. The SMILES string of the molecule is CC(CNC(=O)c1cc(N)cn1C1CC1)N(C)C. The third-order valence-electron chi connectivity index (χ3n) is 3.48. The Kier molecular flexibility index (Phi) is 3.61. The molecule has 1 unspecified atom stereocenters. The van der Waals surface area contributed by atoms with E-state index in [9.17, 15) is 4.79 Å². The smallest absolute Gasteiger partial charge is 0.268 e. The average Bonchev–Trinajstić information content (AvgIpc) is 3.08. The Morgan fingerprint density at radius 1 is 1.61 bits per heavy atom. The number of nitrogen functional groups attached to an aromatic ring is 1. The normalized spacial score (nSPS) is 16.9. The van der Waals surface area contributed by atoms with Crippen LogP contribution in [0.25, 0.3) is 0 Å². The number of hydrogen-bond acceptors (Lipinski definition) is 3. The zero-order chi connectivity index (χ0) is 13.3. The molecular weight excluding hydrogens is 228 g/mol. The Bertz CT molecular complexity index is 434. The first-order chi connectivity index (χ1) is 8.49. The molecule has 18 heavy (non-hydrogen) atoms. The van der Waals surface area contributed by atoms with Gasteiger partial charge in [0.1, 0.15) is 5.69 Å². The Balaban J connectivity index is 2.00. The highest BCUT2D eigenvalue weighted by atomic mass is 16.1. The van der Waals surface area contributed by atoms with Crippen molar-refractivity contribution in [3.63, 3.8) is 0 Å². The van der Waals surface area contributed by atoms with Crippen molar-refractivity contribution in [2.24, 2.45) is 0 Å². The third kappa shape index (κ3) is 2.85. The molecule has 1 saturated carbocycles. The van der Waals surface area contributed by atoms with Crippen LogP contribution in [0.5, 0.6) is 0 Å². The van der Waals surface area contributed by atoms with Crippen molar-refractivity contribution in [2.45, 2.75) is 31.8 Å².